The molecule has 0 aliphatic rings. The maximum atomic E-state index is 11.7. The smallest absolute Gasteiger partial charge is 0.331 e. The van der Waals surface area contributed by atoms with E-state index in [1.165, 1.54) is 54.6 Å². The number of esters is 1. The van der Waals surface area contributed by atoms with Crippen LogP contribution < -0.4 is 11.1 Å². The number of benzene rings is 2. The summed E-state index contributed by atoms with van der Waals surface area (Å²) in [6, 6.07) is 11.5. The van der Waals surface area contributed by atoms with E-state index in [9.17, 15) is 24.5 Å². The Morgan fingerprint density at radius 2 is 1.70 bits per heavy atom. The highest BCUT2D eigenvalue weighted by Crippen LogP contribution is 2.13. The van der Waals surface area contributed by atoms with Crippen LogP contribution in [0.5, 0.6) is 0 Å². The molecule has 0 radical (unpaired) electrons. The maximum Gasteiger partial charge on any atom is 0.331 e. The number of hydrogen-bond donors (Lipinski definition) is 2. The molecule has 2 rings (SSSR count). The quantitative estimate of drug-likeness (QED) is 0.330. The van der Waals surface area contributed by atoms with Crippen LogP contribution in [0.2, 0.25) is 0 Å². The number of primary amides is 1. The number of amides is 2. The third-order valence-corrected chi connectivity index (χ3v) is 3.31. The molecule has 0 spiro atoms. The maximum absolute atomic E-state index is 11.7. The lowest BCUT2D eigenvalue weighted by Crippen LogP contribution is -2.20. The van der Waals surface area contributed by atoms with Gasteiger partial charge in [0.25, 0.3) is 11.6 Å². The fraction of sp³-hybridized carbons (Fsp3) is 0.0556. The zero-order chi connectivity index (χ0) is 19.8. The highest BCUT2D eigenvalue weighted by atomic mass is 16.6. The van der Waals surface area contributed by atoms with Crippen LogP contribution >= 0.6 is 0 Å². The van der Waals surface area contributed by atoms with Gasteiger partial charge in [-0.2, -0.15) is 0 Å². The second-order valence-corrected chi connectivity index (χ2v) is 5.28. The number of carbonyl (C=O) groups is 3. The molecule has 0 aliphatic heterocycles. The number of ether oxygens (including phenoxy) is 1. The SMILES string of the molecule is NC(=O)c1ccc(NC(=O)COC(=O)C=Cc2ccc([N+](=O)[O-])cc2)cc1. The van der Waals surface area contributed by atoms with Crippen molar-refractivity contribution in [2.45, 2.75) is 0 Å². The lowest BCUT2D eigenvalue weighted by atomic mass is 10.2. The molecule has 0 fully saturated rings. The molecule has 0 atom stereocenters. The van der Waals surface area contributed by atoms with Crippen molar-refractivity contribution in [1.29, 1.82) is 0 Å². The lowest BCUT2D eigenvalue weighted by Gasteiger charge is -2.05. The van der Waals surface area contributed by atoms with Gasteiger partial charge in [-0.25, -0.2) is 4.79 Å². The molecule has 0 saturated heterocycles. The molecule has 27 heavy (non-hydrogen) atoms. The van der Waals surface area contributed by atoms with Gasteiger partial charge >= 0.3 is 5.97 Å². The minimum Gasteiger partial charge on any atom is -0.452 e. The molecule has 3 N–H and O–H groups in total. The van der Waals surface area contributed by atoms with Crippen molar-refractivity contribution in [1.82, 2.24) is 0 Å². The van der Waals surface area contributed by atoms with E-state index in [4.69, 9.17) is 10.5 Å². The standard InChI is InChI=1S/C18H15N3O6/c19-18(24)13-4-6-14(7-5-13)20-16(22)11-27-17(23)10-3-12-1-8-15(9-2-12)21(25)26/h1-10H,11H2,(H2,19,24)(H,20,22). The van der Waals surface area contributed by atoms with Crippen molar-refractivity contribution < 1.29 is 24.0 Å². The first-order chi connectivity index (χ1) is 12.8. The van der Waals surface area contributed by atoms with Crippen LogP contribution in [0.25, 0.3) is 6.08 Å². The van der Waals surface area contributed by atoms with Gasteiger partial charge in [0.05, 0.1) is 4.92 Å². The molecule has 0 aromatic heterocycles. The van der Waals surface area contributed by atoms with Crippen LogP contribution in [0.1, 0.15) is 15.9 Å². The molecule has 0 saturated carbocycles. The predicted molar refractivity (Wildman–Crippen MR) is 96.7 cm³/mol. The third-order valence-electron chi connectivity index (χ3n) is 3.31. The molecule has 0 bridgehead atoms. The van der Waals surface area contributed by atoms with E-state index < -0.39 is 29.3 Å². The number of non-ortho nitro benzene ring substituents is 1. The van der Waals surface area contributed by atoms with E-state index in [0.29, 0.717) is 16.8 Å². The number of nitrogens with two attached hydrogens (primary N) is 1. The zero-order valence-electron chi connectivity index (χ0n) is 14.0. The summed E-state index contributed by atoms with van der Waals surface area (Å²) in [7, 11) is 0. The van der Waals surface area contributed by atoms with Crippen LogP contribution in [0.15, 0.2) is 54.6 Å². The first-order valence-corrected chi connectivity index (χ1v) is 7.64. The van der Waals surface area contributed by atoms with Crippen LogP contribution in [0.3, 0.4) is 0 Å². The molecule has 9 heteroatoms. The summed E-state index contributed by atoms with van der Waals surface area (Å²) < 4.78 is 4.80. The molecule has 2 amide bonds. The zero-order valence-corrected chi connectivity index (χ0v) is 14.0. The van der Waals surface area contributed by atoms with E-state index in [1.807, 2.05) is 0 Å². The topological polar surface area (TPSA) is 142 Å². The number of nitrogens with one attached hydrogen (secondary N) is 1. The summed E-state index contributed by atoms with van der Waals surface area (Å²) >= 11 is 0. The summed E-state index contributed by atoms with van der Waals surface area (Å²) in [5.41, 5.74) is 6.34. The molecule has 138 valence electrons. The number of nitrogens with zero attached hydrogens (tertiary/aromatic N) is 1. The summed E-state index contributed by atoms with van der Waals surface area (Å²) in [6.07, 6.45) is 2.52. The number of nitro groups is 1. The van der Waals surface area contributed by atoms with Gasteiger partial charge in [0.1, 0.15) is 0 Å². The van der Waals surface area contributed by atoms with Crippen LogP contribution in [-0.4, -0.2) is 29.3 Å². The van der Waals surface area contributed by atoms with E-state index in [0.717, 1.165) is 6.08 Å². The first-order valence-electron chi connectivity index (χ1n) is 7.64. The van der Waals surface area contributed by atoms with Crippen molar-refractivity contribution in [2.75, 3.05) is 11.9 Å². The largest absolute Gasteiger partial charge is 0.452 e. The summed E-state index contributed by atoms with van der Waals surface area (Å²) in [5, 5.41) is 13.1. The van der Waals surface area contributed by atoms with Crippen LogP contribution in [0.4, 0.5) is 11.4 Å². The van der Waals surface area contributed by atoms with E-state index in [2.05, 4.69) is 5.32 Å². The molecule has 2 aromatic rings. The van der Waals surface area contributed by atoms with Crippen molar-refractivity contribution in [3.05, 3.63) is 75.8 Å². The fourth-order valence-corrected chi connectivity index (χ4v) is 1.97. The fourth-order valence-electron chi connectivity index (χ4n) is 1.97. The Labute approximate surface area is 153 Å². The van der Waals surface area contributed by atoms with Crippen molar-refractivity contribution in [3.8, 4) is 0 Å². The first kappa shape index (κ1) is 19.3. The third kappa shape index (κ3) is 6.09. The Morgan fingerprint density at radius 1 is 1.07 bits per heavy atom. The second kappa shape index (κ2) is 8.90. The lowest BCUT2D eigenvalue weighted by molar-refractivity contribution is -0.384. The van der Waals surface area contributed by atoms with Crippen molar-refractivity contribution >= 4 is 35.2 Å². The number of carbonyl (C=O) groups excluding carboxylic acids is 3. The van der Waals surface area contributed by atoms with Gasteiger partial charge in [0.2, 0.25) is 5.91 Å². The molecular weight excluding hydrogens is 354 g/mol. The monoisotopic (exact) mass is 369 g/mol. The average molecular weight is 369 g/mol. The van der Waals surface area contributed by atoms with Gasteiger partial charge in [-0.05, 0) is 48.0 Å². The van der Waals surface area contributed by atoms with Gasteiger partial charge in [-0.1, -0.05) is 0 Å². The van der Waals surface area contributed by atoms with Crippen LogP contribution in [-0.2, 0) is 14.3 Å². The van der Waals surface area contributed by atoms with Crippen molar-refractivity contribution in [3.63, 3.8) is 0 Å². The van der Waals surface area contributed by atoms with Gasteiger partial charge in [0.15, 0.2) is 6.61 Å². The van der Waals surface area contributed by atoms with Gasteiger partial charge in [-0.15, -0.1) is 0 Å². The molecule has 0 heterocycles. The Kier molecular flexibility index (Phi) is 6.37. The molecular formula is C18H15N3O6. The Balaban J connectivity index is 1.81. The number of hydrogen-bond acceptors (Lipinski definition) is 6. The number of rotatable bonds is 7. The number of anilines is 1. The Morgan fingerprint density at radius 3 is 2.26 bits per heavy atom. The van der Waals surface area contributed by atoms with Crippen molar-refractivity contribution in [2.24, 2.45) is 5.73 Å². The highest BCUT2D eigenvalue weighted by molar-refractivity contribution is 5.96. The van der Waals surface area contributed by atoms with E-state index >= 15 is 0 Å². The average Bonchev–Trinajstić information content (AvgIpc) is 2.65. The molecule has 0 aliphatic carbocycles. The summed E-state index contributed by atoms with van der Waals surface area (Å²) in [4.78, 5) is 44.4. The van der Waals surface area contributed by atoms with E-state index in [-0.39, 0.29) is 5.69 Å². The van der Waals surface area contributed by atoms with Crippen LogP contribution in [0, 0.1) is 10.1 Å². The van der Waals surface area contributed by atoms with Gasteiger partial charge in [-0.3, -0.25) is 19.7 Å². The Hall–Kier alpha value is -4.01. The minimum atomic E-state index is -0.743. The second-order valence-electron chi connectivity index (χ2n) is 5.28. The normalized spacial score (nSPS) is 10.4. The van der Waals surface area contributed by atoms with E-state index in [1.54, 1.807) is 0 Å². The number of nitro benzene ring substituents is 1. The minimum absolute atomic E-state index is 0.0599. The predicted octanol–water partition coefficient (Wildman–Crippen LogP) is 1.89. The highest BCUT2D eigenvalue weighted by Gasteiger charge is 2.07. The Bertz CT molecular complexity index is 888. The summed E-state index contributed by atoms with van der Waals surface area (Å²) in [6.45, 7) is -0.499. The van der Waals surface area contributed by atoms with Gasteiger partial charge < -0.3 is 15.8 Å². The molecule has 2 aromatic carbocycles. The molecule has 0 unspecified atom stereocenters. The van der Waals surface area contributed by atoms with Gasteiger partial charge in [0, 0.05) is 29.5 Å². The molecule has 9 nitrogen and oxygen atoms in total. The summed E-state index contributed by atoms with van der Waals surface area (Å²) in [5.74, 6) is -1.88.